The summed E-state index contributed by atoms with van der Waals surface area (Å²) in [5.41, 5.74) is 13.1. The highest BCUT2D eigenvalue weighted by Gasteiger charge is 2.28. The molecule has 0 bridgehead atoms. The molecule has 1 amide bonds. The monoisotopic (exact) mass is 465 g/mol. The summed E-state index contributed by atoms with van der Waals surface area (Å²) >= 11 is 0. The number of aromatic hydroxyl groups is 2. The fraction of sp³-hybridized carbons (Fsp3) is 0.231. The summed E-state index contributed by atoms with van der Waals surface area (Å²) < 4.78 is 0. The predicted octanol–water partition coefficient (Wildman–Crippen LogP) is 2.27. The third kappa shape index (κ3) is 7.91. The molecule has 0 aliphatic carbocycles. The minimum absolute atomic E-state index is 0.00276. The summed E-state index contributed by atoms with van der Waals surface area (Å²) in [6, 6.07) is 23.2. The quantitative estimate of drug-likeness (QED) is 0.278. The largest absolute Gasteiger partial charge is 0.504 e. The van der Waals surface area contributed by atoms with E-state index in [1.807, 2.05) is 55.5 Å². The Hall–Kier alpha value is -3.88. The van der Waals surface area contributed by atoms with E-state index in [1.54, 1.807) is 0 Å². The van der Waals surface area contributed by atoms with Crippen molar-refractivity contribution in [3.05, 3.63) is 95.6 Å². The van der Waals surface area contributed by atoms with Gasteiger partial charge in [0.2, 0.25) is 5.91 Å². The van der Waals surface area contributed by atoms with E-state index in [-0.39, 0.29) is 30.4 Å². The highest BCUT2D eigenvalue weighted by molar-refractivity contribution is 5.78. The van der Waals surface area contributed by atoms with Gasteiger partial charge in [-0.2, -0.15) is 0 Å². The van der Waals surface area contributed by atoms with Gasteiger partial charge in [-0.15, -0.1) is 0 Å². The third-order valence-corrected chi connectivity index (χ3v) is 5.22. The van der Waals surface area contributed by atoms with Crippen molar-refractivity contribution in [2.45, 2.75) is 31.3 Å². The van der Waals surface area contributed by atoms with Crippen LogP contribution in [0.5, 0.6) is 11.5 Å². The van der Waals surface area contributed by atoms with Crippen molar-refractivity contribution in [2.75, 3.05) is 6.54 Å². The number of rotatable bonds is 8. The Bertz CT molecular complexity index is 1080. The molecule has 0 spiro atoms. The van der Waals surface area contributed by atoms with Crippen molar-refractivity contribution < 1.29 is 24.9 Å². The molecule has 180 valence electrons. The lowest BCUT2D eigenvalue weighted by molar-refractivity contribution is -0.138. The van der Waals surface area contributed by atoms with Crippen LogP contribution < -0.4 is 16.8 Å². The number of nitrogens with two attached hydrogens (primary N) is 2. The van der Waals surface area contributed by atoms with Crippen LogP contribution in [0.2, 0.25) is 0 Å². The van der Waals surface area contributed by atoms with Crippen LogP contribution in [0.4, 0.5) is 0 Å². The number of hydrogen-bond acceptors (Lipinski definition) is 6. The molecule has 0 heterocycles. The molecule has 3 aromatic rings. The molecule has 3 rings (SSSR count). The summed E-state index contributed by atoms with van der Waals surface area (Å²) in [7, 11) is 0. The van der Waals surface area contributed by atoms with Crippen molar-refractivity contribution in [3.63, 3.8) is 0 Å². The number of phenols is 2. The number of carboxylic acids is 1. The molecule has 8 N–H and O–H groups in total. The van der Waals surface area contributed by atoms with Crippen LogP contribution in [0, 0.1) is 0 Å². The molecule has 0 saturated carbocycles. The number of nitrogens with one attached hydrogen (secondary N) is 1. The zero-order valence-electron chi connectivity index (χ0n) is 19.0. The fourth-order valence-corrected chi connectivity index (χ4v) is 3.42. The number of benzene rings is 3. The molecule has 1 unspecified atom stereocenters. The van der Waals surface area contributed by atoms with Crippen LogP contribution >= 0.6 is 0 Å². The van der Waals surface area contributed by atoms with E-state index in [4.69, 9.17) is 26.8 Å². The number of phenolic OH excluding ortho intramolecular Hbond substituents is 2. The minimum Gasteiger partial charge on any atom is -0.504 e. The van der Waals surface area contributed by atoms with Crippen LogP contribution in [-0.4, -0.2) is 39.8 Å². The second kappa shape index (κ2) is 12.4. The van der Waals surface area contributed by atoms with E-state index >= 15 is 0 Å². The molecular weight excluding hydrogens is 434 g/mol. The van der Waals surface area contributed by atoms with E-state index < -0.39 is 17.6 Å². The Kier molecular flexibility index (Phi) is 9.61. The standard InChI is InChI=1S/C17H20N2O.C9H11NO4/c1-17(19-16(20)13-18,15-10-6-3-7-11-15)12-14-8-4-2-5-9-14;10-6(9(13)14)3-5-1-2-7(11)8(12)4-5/h2-11H,12-13,18H2,1H3,(H,19,20);1-2,4,6,11-12H,3,10H2,(H,13,14)/t;6-/m.0/s1. The summed E-state index contributed by atoms with van der Waals surface area (Å²) in [6.45, 7) is 2.03. The Morgan fingerprint density at radius 3 is 2.03 bits per heavy atom. The molecule has 8 nitrogen and oxygen atoms in total. The molecular formula is C26H31N3O5. The summed E-state index contributed by atoms with van der Waals surface area (Å²) in [5.74, 6) is -1.76. The number of carbonyl (C=O) groups excluding carboxylic acids is 1. The van der Waals surface area contributed by atoms with Gasteiger partial charge in [-0.05, 0) is 48.6 Å². The number of carboxylic acid groups (broad SMARTS) is 1. The average Bonchev–Trinajstić information content (AvgIpc) is 2.83. The molecule has 0 saturated heterocycles. The lowest BCUT2D eigenvalue weighted by Gasteiger charge is -2.31. The fourth-order valence-electron chi connectivity index (χ4n) is 3.42. The molecule has 0 aliphatic rings. The highest BCUT2D eigenvalue weighted by atomic mass is 16.4. The molecule has 34 heavy (non-hydrogen) atoms. The van der Waals surface area contributed by atoms with Crippen molar-refractivity contribution in [2.24, 2.45) is 11.5 Å². The van der Waals surface area contributed by atoms with Crippen molar-refractivity contribution >= 4 is 11.9 Å². The normalized spacial score (nSPS) is 13.0. The van der Waals surface area contributed by atoms with Gasteiger partial charge in [0.1, 0.15) is 6.04 Å². The van der Waals surface area contributed by atoms with Gasteiger partial charge in [-0.25, -0.2) is 0 Å². The molecule has 3 aromatic carbocycles. The van der Waals surface area contributed by atoms with Crippen LogP contribution in [0.1, 0.15) is 23.6 Å². The smallest absolute Gasteiger partial charge is 0.320 e. The average molecular weight is 466 g/mol. The second-order valence-corrected chi connectivity index (χ2v) is 8.08. The van der Waals surface area contributed by atoms with Gasteiger partial charge in [-0.3, -0.25) is 9.59 Å². The summed E-state index contributed by atoms with van der Waals surface area (Å²) in [5, 5.41) is 29.7. The van der Waals surface area contributed by atoms with Crippen LogP contribution in [-0.2, 0) is 28.0 Å². The molecule has 2 atom stereocenters. The van der Waals surface area contributed by atoms with E-state index in [9.17, 15) is 9.59 Å². The molecule has 0 fully saturated rings. The number of hydrogen-bond donors (Lipinski definition) is 6. The maximum absolute atomic E-state index is 11.8. The SMILES string of the molecule is CC(Cc1ccccc1)(NC(=O)CN)c1ccccc1.N[C@@H](Cc1ccc(O)c(O)c1)C(=O)O. The van der Waals surface area contributed by atoms with E-state index in [2.05, 4.69) is 17.4 Å². The summed E-state index contributed by atoms with van der Waals surface area (Å²) in [6.07, 6.45) is 0.840. The van der Waals surface area contributed by atoms with Crippen LogP contribution in [0.3, 0.4) is 0 Å². The molecule has 0 aromatic heterocycles. The minimum atomic E-state index is -1.10. The van der Waals surface area contributed by atoms with Crippen LogP contribution in [0.15, 0.2) is 78.9 Å². The Morgan fingerprint density at radius 2 is 1.50 bits per heavy atom. The zero-order valence-corrected chi connectivity index (χ0v) is 19.0. The maximum Gasteiger partial charge on any atom is 0.320 e. The van der Waals surface area contributed by atoms with Gasteiger partial charge < -0.3 is 32.1 Å². The van der Waals surface area contributed by atoms with Gasteiger partial charge in [-0.1, -0.05) is 66.7 Å². The van der Waals surface area contributed by atoms with Crippen molar-refractivity contribution in [3.8, 4) is 11.5 Å². The summed E-state index contributed by atoms with van der Waals surface area (Å²) in [4.78, 5) is 22.2. The topological polar surface area (TPSA) is 159 Å². The van der Waals surface area contributed by atoms with Gasteiger partial charge in [0.05, 0.1) is 12.1 Å². The van der Waals surface area contributed by atoms with Crippen molar-refractivity contribution in [1.29, 1.82) is 0 Å². The Morgan fingerprint density at radius 1 is 0.912 bits per heavy atom. The van der Waals surface area contributed by atoms with Gasteiger partial charge in [0.15, 0.2) is 11.5 Å². The van der Waals surface area contributed by atoms with E-state index in [1.165, 1.54) is 23.8 Å². The molecule has 0 radical (unpaired) electrons. The van der Waals surface area contributed by atoms with Gasteiger partial charge in [0.25, 0.3) is 0 Å². The van der Waals surface area contributed by atoms with Crippen LogP contribution in [0.25, 0.3) is 0 Å². The van der Waals surface area contributed by atoms with E-state index in [0.29, 0.717) is 5.56 Å². The first kappa shape index (κ1) is 26.4. The van der Waals surface area contributed by atoms with Gasteiger partial charge >= 0.3 is 5.97 Å². The lowest BCUT2D eigenvalue weighted by Crippen LogP contribution is -2.47. The lowest BCUT2D eigenvalue weighted by atomic mass is 9.85. The maximum atomic E-state index is 11.8. The zero-order chi connectivity index (χ0) is 25.1. The number of aliphatic carboxylic acids is 1. The third-order valence-electron chi connectivity index (χ3n) is 5.22. The second-order valence-electron chi connectivity index (χ2n) is 8.08. The van der Waals surface area contributed by atoms with Crippen molar-refractivity contribution in [1.82, 2.24) is 5.32 Å². The first-order valence-corrected chi connectivity index (χ1v) is 10.7. The first-order valence-electron chi connectivity index (χ1n) is 10.7. The Labute approximate surface area is 198 Å². The number of carbonyl (C=O) groups is 2. The Balaban J connectivity index is 0.000000257. The first-order chi connectivity index (χ1) is 16.1. The number of amides is 1. The highest BCUT2D eigenvalue weighted by Crippen LogP contribution is 2.26. The van der Waals surface area contributed by atoms with Gasteiger partial charge in [0, 0.05) is 0 Å². The van der Waals surface area contributed by atoms with E-state index in [0.717, 1.165) is 12.0 Å². The molecule has 0 aliphatic heterocycles. The predicted molar refractivity (Wildman–Crippen MR) is 130 cm³/mol. The molecule has 8 heteroatoms.